The highest BCUT2D eigenvalue weighted by Gasteiger charge is 2.04. The van der Waals surface area contributed by atoms with E-state index in [0.717, 1.165) is 23.5 Å². The third-order valence-corrected chi connectivity index (χ3v) is 4.06. The molecule has 2 N–H and O–H groups in total. The maximum Gasteiger partial charge on any atom is 0.228 e. The standard InChI is InChI=1S/C22H21FN2O/c1-16-2-4-18(5-3-16)15-24-20-10-12-21(13-11-20)25-22(26)14-17-6-8-19(23)9-7-17/h2-13,24H,14-15H2,1H3,(H,25,26). The predicted molar refractivity (Wildman–Crippen MR) is 104 cm³/mol. The number of aryl methyl sites for hydroxylation is 1. The summed E-state index contributed by atoms with van der Waals surface area (Å²) in [5.74, 6) is -0.431. The maximum atomic E-state index is 12.9. The molecule has 0 aliphatic carbocycles. The zero-order valence-corrected chi connectivity index (χ0v) is 14.6. The van der Waals surface area contributed by atoms with Gasteiger partial charge in [0.15, 0.2) is 0 Å². The van der Waals surface area contributed by atoms with E-state index in [-0.39, 0.29) is 18.1 Å². The van der Waals surface area contributed by atoms with Crippen molar-refractivity contribution in [2.45, 2.75) is 19.9 Å². The van der Waals surface area contributed by atoms with Crippen LogP contribution in [0.2, 0.25) is 0 Å². The van der Waals surface area contributed by atoms with E-state index in [0.29, 0.717) is 0 Å². The lowest BCUT2D eigenvalue weighted by Gasteiger charge is -2.09. The van der Waals surface area contributed by atoms with Gasteiger partial charge in [-0.1, -0.05) is 42.0 Å². The lowest BCUT2D eigenvalue weighted by Crippen LogP contribution is -2.14. The fourth-order valence-electron chi connectivity index (χ4n) is 2.57. The number of carbonyl (C=O) groups excluding carboxylic acids is 1. The van der Waals surface area contributed by atoms with Gasteiger partial charge < -0.3 is 10.6 Å². The van der Waals surface area contributed by atoms with Gasteiger partial charge in [-0.05, 0) is 54.4 Å². The van der Waals surface area contributed by atoms with Crippen molar-refractivity contribution < 1.29 is 9.18 Å². The van der Waals surface area contributed by atoms with Gasteiger partial charge in [-0.3, -0.25) is 4.79 Å². The van der Waals surface area contributed by atoms with Crippen molar-refractivity contribution in [1.82, 2.24) is 0 Å². The molecule has 0 saturated carbocycles. The lowest BCUT2D eigenvalue weighted by atomic mass is 10.1. The average Bonchev–Trinajstić information content (AvgIpc) is 2.64. The second kappa shape index (κ2) is 8.30. The van der Waals surface area contributed by atoms with E-state index in [2.05, 4.69) is 41.8 Å². The van der Waals surface area contributed by atoms with Crippen LogP contribution in [0.5, 0.6) is 0 Å². The van der Waals surface area contributed by atoms with E-state index in [4.69, 9.17) is 0 Å². The molecular formula is C22H21FN2O. The van der Waals surface area contributed by atoms with Crippen molar-refractivity contribution in [2.75, 3.05) is 10.6 Å². The molecule has 0 fully saturated rings. The molecule has 4 heteroatoms. The van der Waals surface area contributed by atoms with Gasteiger partial charge in [-0.15, -0.1) is 0 Å². The molecule has 3 rings (SSSR count). The van der Waals surface area contributed by atoms with Crippen molar-refractivity contribution in [3.63, 3.8) is 0 Å². The number of carbonyl (C=O) groups is 1. The molecule has 0 aliphatic rings. The van der Waals surface area contributed by atoms with Gasteiger partial charge in [0.05, 0.1) is 6.42 Å². The van der Waals surface area contributed by atoms with Crippen LogP contribution in [0.1, 0.15) is 16.7 Å². The molecule has 1 amide bonds. The molecule has 0 spiro atoms. The summed E-state index contributed by atoms with van der Waals surface area (Å²) in [5.41, 5.74) is 4.96. The molecule has 0 unspecified atom stereocenters. The number of hydrogen-bond acceptors (Lipinski definition) is 2. The number of halogens is 1. The van der Waals surface area contributed by atoms with Gasteiger partial charge in [0.25, 0.3) is 0 Å². The van der Waals surface area contributed by atoms with Crippen LogP contribution in [-0.2, 0) is 17.8 Å². The zero-order chi connectivity index (χ0) is 18.4. The highest BCUT2D eigenvalue weighted by atomic mass is 19.1. The Kier molecular flexibility index (Phi) is 5.64. The molecule has 3 nitrogen and oxygen atoms in total. The molecule has 26 heavy (non-hydrogen) atoms. The molecule has 0 aromatic heterocycles. The van der Waals surface area contributed by atoms with Crippen molar-refractivity contribution in [1.29, 1.82) is 0 Å². The normalized spacial score (nSPS) is 10.4. The van der Waals surface area contributed by atoms with E-state index < -0.39 is 0 Å². The number of rotatable bonds is 6. The summed E-state index contributed by atoms with van der Waals surface area (Å²) in [6.07, 6.45) is 0.216. The van der Waals surface area contributed by atoms with Crippen LogP contribution in [-0.4, -0.2) is 5.91 Å². The number of anilines is 2. The first-order chi connectivity index (χ1) is 12.6. The molecule has 0 heterocycles. The Morgan fingerprint density at radius 3 is 2.04 bits per heavy atom. The minimum absolute atomic E-state index is 0.128. The van der Waals surface area contributed by atoms with Crippen LogP contribution in [0.15, 0.2) is 72.8 Å². The average molecular weight is 348 g/mol. The number of benzene rings is 3. The van der Waals surface area contributed by atoms with Gasteiger partial charge in [0.1, 0.15) is 5.82 Å². The van der Waals surface area contributed by atoms with Gasteiger partial charge in [-0.25, -0.2) is 4.39 Å². The van der Waals surface area contributed by atoms with Crippen molar-refractivity contribution in [2.24, 2.45) is 0 Å². The molecule has 0 atom stereocenters. The van der Waals surface area contributed by atoms with E-state index in [1.54, 1.807) is 12.1 Å². The van der Waals surface area contributed by atoms with Gasteiger partial charge >= 0.3 is 0 Å². The third kappa shape index (κ3) is 5.18. The minimum atomic E-state index is -0.303. The minimum Gasteiger partial charge on any atom is -0.381 e. The Hall–Kier alpha value is -3.14. The maximum absolute atomic E-state index is 12.9. The number of hydrogen-bond donors (Lipinski definition) is 2. The van der Waals surface area contributed by atoms with Crippen LogP contribution in [0.25, 0.3) is 0 Å². The number of amides is 1. The Morgan fingerprint density at radius 1 is 0.808 bits per heavy atom. The van der Waals surface area contributed by atoms with Crippen LogP contribution in [0.4, 0.5) is 15.8 Å². The second-order valence-corrected chi connectivity index (χ2v) is 6.27. The molecule has 3 aromatic carbocycles. The number of nitrogens with one attached hydrogen (secondary N) is 2. The van der Waals surface area contributed by atoms with E-state index >= 15 is 0 Å². The zero-order valence-electron chi connectivity index (χ0n) is 14.6. The fourth-order valence-corrected chi connectivity index (χ4v) is 2.57. The predicted octanol–water partition coefficient (Wildman–Crippen LogP) is 4.93. The Morgan fingerprint density at radius 2 is 1.38 bits per heavy atom. The van der Waals surface area contributed by atoms with Gasteiger partial charge in [0, 0.05) is 17.9 Å². The first kappa shape index (κ1) is 17.7. The molecule has 0 bridgehead atoms. The van der Waals surface area contributed by atoms with Crippen LogP contribution >= 0.6 is 0 Å². The second-order valence-electron chi connectivity index (χ2n) is 6.27. The van der Waals surface area contributed by atoms with Crippen LogP contribution in [0.3, 0.4) is 0 Å². The van der Waals surface area contributed by atoms with Crippen LogP contribution in [0, 0.1) is 12.7 Å². The molecule has 0 aliphatic heterocycles. The first-order valence-corrected chi connectivity index (χ1v) is 8.52. The van der Waals surface area contributed by atoms with Gasteiger partial charge in [0.2, 0.25) is 5.91 Å². The Balaban J connectivity index is 1.51. The Labute approximate surface area is 152 Å². The van der Waals surface area contributed by atoms with Crippen molar-refractivity contribution in [3.8, 4) is 0 Å². The van der Waals surface area contributed by atoms with Crippen LogP contribution < -0.4 is 10.6 Å². The highest BCUT2D eigenvalue weighted by Crippen LogP contribution is 2.15. The summed E-state index contributed by atoms with van der Waals surface area (Å²) < 4.78 is 12.9. The summed E-state index contributed by atoms with van der Waals surface area (Å²) >= 11 is 0. The smallest absolute Gasteiger partial charge is 0.228 e. The summed E-state index contributed by atoms with van der Waals surface area (Å²) in [6.45, 7) is 2.82. The first-order valence-electron chi connectivity index (χ1n) is 8.52. The Bertz CT molecular complexity index is 856. The highest BCUT2D eigenvalue weighted by molar-refractivity contribution is 5.92. The molecule has 3 aromatic rings. The topological polar surface area (TPSA) is 41.1 Å². The lowest BCUT2D eigenvalue weighted by molar-refractivity contribution is -0.115. The van der Waals surface area contributed by atoms with Crippen molar-refractivity contribution >= 4 is 17.3 Å². The monoisotopic (exact) mass is 348 g/mol. The van der Waals surface area contributed by atoms with E-state index in [1.165, 1.54) is 23.3 Å². The summed E-state index contributed by atoms with van der Waals surface area (Å²) in [7, 11) is 0. The summed E-state index contributed by atoms with van der Waals surface area (Å²) in [4.78, 5) is 12.1. The SMILES string of the molecule is Cc1ccc(CNc2ccc(NC(=O)Cc3ccc(F)cc3)cc2)cc1. The largest absolute Gasteiger partial charge is 0.381 e. The molecule has 132 valence electrons. The molecule has 0 radical (unpaired) electrons. The molecular weight excluding hydrogens is 327 g/mol. The van der Waals surface area contributed by atoms with E-state index in [9.17, 15) is 9.18 Å². The summed E-state index contributed by atoms with van der Waals surface area (Å²) in [5, 5.41) is 6.21. The molecule has 0 saturated heterocycles. The fraction of sp³-hybridized carbons (Fsp3) is 0.136. The van der Waals surface area contributed by atoms with Gasteiger partial charge in [-0.2, -0.15) is 0 Å². The van der Waals surface area contributed by atoms with E-state index in [1.807, 2.05) is 24.3 Å². The van der Waals surface area contributed by atoms with Crippen molar-refractivity contribution in [3.05, 3.63) is 95.3 Å². The summed E-state index contributed by atoms with van der Waals surface area (Å²) in [6, 6.07) is 21.9. The quantitative estimate of drug-likeness (QED) is 0.663. The third-order valence-electron chi connectivity index (χ3n) is 4.06.